The van der Waals surface area contributed by atoms with Crippen molar-refractivity contribution in [2.45, 2.75) is 206 Å². The molecule has 0 radical (unpaired) electrons. The zero-order valence-corrected chi connectivity index (χ0v) is 27.3. The largest absolute Gasteiger partial charge is 0.465 e. The highest BCUT2D eigenvalue weighted by Gasteiger charge is 2.14. The molecule has 2 nitrogen and oxygen atoms in total. The minimum Gasteiger partial charge on any atom is -0.465 e. The lowest BCUT2D eigenvalue weighted by Crippen LogP contribution is -2.18. The van der Waals surface area contributed by atoms with Crippen molar-refractivity contribution in [1.82, 2.24) is 0 Å². The Balaban J connectivity index is 3.27. The molecule has 0 N–H and O–H groups in total. The van der Waals surface area contributed by atoms with Gasteiger partial charge in [0.1, 0.15) is 0 Å². The van der Waals surface area contributed by atoms with Gasteiger partial charge in [-0.2, -0.15) is 0 Å². The SMILES string of the molecule is CCCCCCCCCCCCCCCCCCSC(C)C(=O)OCCCCCCCCCCCCCC. The first-order valence-corrected chi connectivity index (χ1v) is 18.6. The quantitative estimate of drug-likeness (QED) is 0.0611. The van der Waals surface area contributed by atoms with Crippen LogP contribution < -0.4 is 0 Å². The van der Waals surface area contributed by atoms with Crippen LogP contribution in [-0.2, 0) is 9.53 Å². The Morgan fingerprint density at radius 3 is 1.11 bits per heavy atom. The molecule has 0 saturated heterocycles. The van der Waals surface area contributed by atoms with Crippen LogP contribution in [0.1, 0.15) is 201 Å². The van der Waals surface area contributed by atoms with Crippen molar-refractivity contribution in [3.05, 3.63) is 0 Å². The number of unbranched alkanes of at least 4 members (excludes halogenated alkanes) is 26. The molecule has 0 heterocycles. The number of thioether (sulfide) groups is 1. The zero-order chi connectivity index (χ0) is 27.8. The monoisotopic (exact) mass is 555 g/mol. The van der Waals surface area contributed by atoms with E-state index in [0.29, 0.717) is 6.61 Å². The van der Waals surface area contributed by atoms with E-state index in [1.807, 2.05) is 6.92 Å². The van der Waals surface area contributed by atoms with E-state index in [1.165, 1.54) is 173 Å². The lowest BCUT2D eigenvalue weighted by molar-refractivity contribution is -0.142. The van der Waals surface area contributed by atoms with Gasteiger partial charge in [-0.05, 0) is 25.5 Å². The normalized spacial score (nSPS) is 12.2. The second-order valence-electron chi connectivity index (χ2n) is 11.9. The Labute approximate surface area is 245 Å². The lowest BCUT2D eigenvalue weighted by Gasteiger charge is -2.11. The van der Waals surface area contributed by atoms with Gasteiger partial charge in [-0.3, -0.25) is 4.79 Å². The summed E-state index contributed by atoms with van der Waals surface area (Å²) in [5.74, 6) is 1.09. The standard InChI is InChI=1S/C35H70O2S/c1-4-6-8-10-12-14-16-18-19-20-21-23-25-27-29-31-33-38-34(3)35(36)37-32-30-28-26-24-22-17-15-13-11-9-7-5-2/h34H,4-33H2,1-3H3. The summed E-state index contributed by atoms with van der Waals surface area (Å²) < 4.78 is 5.52. The molecule has 0 aromatic carbocycles. The molecule has 3 heteroatoms. The second-order valence-corrected chi connectivity index (χ2v) is 13.3. The lowest BCUT2D eigenvalue weighted by atomic mass is 10.0. The van der Waals surface area contributed by atoms with Gasteiger partial charge in [0.15, 0.2) is 0 Å². The second kappa shape index (κ2) is 33.0. The topological polar surface area (TPSA) is 26.3 Å². The van der Waals surface area contributed by atoms with Crippen LogP contribution in [0.15, 0.2) is 0 Å². The van der Waals surface area contributed by atoms with E-state index in [4.69, 9.17) is 4.74 Å². The van der Waals surface area contributed by atoms with Crippen molar-refractivity contribution < 1.29 is 9.53 Å². The fourth-order valence-electron chi connectivity index (χ4n) is 5.21. The summed E-state index contributed by atoms with van der Waals surface area (Å²) in [6.45, 7) is 7.20. The highest BCUT2D eigenvalue weighted by molar-refractivity contribution is 8.00. The van der Waals surface area contributed by atoms with Crippen LogP contribution in [0.4, 0.5) is 0 Å². The number of ether oxygens (including phenoxy) is 1. The molecule has 1 unspecified atom stereocenters. The van der Waals surface area contributed by atoms with Crippen molar-refractivity contribution in [3.63, 3.8) is 0 Å². The van der Waals surface area contributed by atoms with Gasteiger partial charge in [-0.25, -0.2) is 0 Å². The Morgan fingerprint density at radius 2 is 0.763 bits per heavy atom. The summed E-state index contributed by atoms with van der Waals surface area (Å²) in [5.41, 5.74) is 0. The third-order valence-corrected chi connectivity index (χ3v) is 9.16. The molecule has 0 aromatic heterocycles. The van der Waals surface area contributed by atoms with E-state index in [9.17, 15) is 4.79 Å². The summed E-state index contributed by atoms with van der Waals surface area (Å²) >= 11 is 1.78. The van der Waals surface area contributed by atoms with E-state index in [0.717, 1.165) is 12.2 Å². The van der Waals surface area contributed by atoms with E-state index in [1.54, 1.807) is 11.8 Å². The highest BCUT2D eigenvalue weighted by Crippen LogP contribution is 2.18. The first-order chi connectivity index (χ1) is 18.7. The molecular weight excluding hydrogens is 484 g/mol. The average molecular weight is 555 g/mol. The number of esters is 1. The van der Waals surface area contributed by atoms with Crippen LogP contribution >= 0.6 is 11.8 Å². The van der Waals surface area contributed by atoms with Gasteiger partial charge in [0.2, 0.25) is 0 Å². The van der Waals surface area contributed by atoms with Crippen LogP contribution in [0.2, 0.25) is 0 Å². The maximum absolute atomic E-state index is 12.2. The molecule has 0 bridgehead atoms. The first kappa shape index (κ1) is 37.8. The minimum atomic E-state index is -0.0105. The minimum absolute atomic E-state index is 0.00503. The highest BCUT2D eigenvalue weighted by atomic mass is 32.2. The molecule has 0 amide bonds. The first-order valence-electron chi connectivity index (χ1n) is 17.5. The van der Waals surface area contributed by atoms with Gasteiger partial charge >= 0.3 is 5.97 Å². The summed E-state index contributed by atoms with van der Waals surface area (Å²) in [7, 11) is 0. The molecule has 0 spiro atoms. The smallest absolute Gasteiger partial charge is 0.318 e. The Hall–Kier alpha value is -0.180. The van der Waals surface area contributed by atoms with E-state index in [-0.39, 0.29) is 11.2 Å². The van der Waals surface area contributed by atoms with Gasteiger partial charge in [0, 0.05) is 0 Å². The number of hydrogen-bond acceptors (Lipinski definition) is 3. The molecule has 38 heavy (non-hydrogen) atoms. The number of carbonyl (C=O) groups is 1. The van der Waals surface area contributed by atoms with Gasteiger partial charge in [-0.15, -0.1) is 11.8 Å². The molecule has 228 valence electrons. The van der Waals surface area contributed by atoms with Crippen molar-refractivity contribution in [1.29, 1.82) is 0 Å². The van der Waals surface area contributed by atoms with E-state index >= 15 is 0 Å². The summed E-state index contributed by atoms with van der Waals surface area (Å²) in [6.07, 6.45) is 38.6. The molecule has 0 aliphatic heterocycles. The molecule has 0 aliphatic rings. The Kier molecular flexibility index (Phi) is 32.9. The average Bonchev–Trinajstić information content (AvgIpc) is 2.92. The van der Waals surface area contributed by atoms with Crippen molar-refractivity contribution in [3.8, 4) is 0 Å². The predicted octanol–water partition coefficient (Wildman–Crippen LogP) is 12.6. The van der Waals surface area contributed by atoms with Crippen LogP contribution in [0.25, 0.3) is 0 Å². The van der Waals surface area contributed by atoms with E-state index in [2.05, 4.69) is 13.8 Å². The maximum atomic E-state index is 12.2. The molecular formula is C35H70O2S. The van der Waals surface area contributed by atoms with Crippen LogP contribution in [0, 0.1) is 0 Å². The number of carbonyl (C=O) groups excluding carboxylic acids is 1. The maximum Gasteiger partial charge on any atom is 0.318 e. The third kappa shape index (κ3) is 30.4. The van der Waals surface area contributed by atoms with Gasteiger partial charge < -0.3 is 4.74 Å². The van der Waals surface area contributed by atoms with Gasteiger partial charge in [0.05, 0.1) is 11.9 Å². The molecule has 0 rings (SSSR count). The summed E-state index contributed by atoms with van der Waals surface area (Å²) in [5, 5.41) is -0.0105. The van der Waals surface area contributed by atoms with Crippen LogP contribution in [0.5, 0.6) is 0 Å². The molecule has 0 fully saturated rings. The molecule has 0 aromatic rings. The summed E-state index contributed by atoms with van der Waals surface area (Å²) in [4.78, 5) is 12.2. The summed E-state index contributed by atoms with van der Waals surface area (Å²) in [6, 6.07) is 0. The van der Waals surface area contributed by atoms with Crippen LogP contribution in [0.3, 0.4) is 0 Å². The third-order valence-electron chi connectivity index (χ3n) is 7.94. The number of rotatable bonds is 32. The molecule has 0 saturated carbocycles. The van der Waals surface area contributed by atoms with Crippen molar-refractivity contribution in [2.75, 3.05) is 12.4 Å². The predicted molar refractivity (Wildman–Crippen MR) is 174 cm³/mol. The van der Waals surface area contributed by atoms with Gasteiger partial charge in [0.25, 0.3) is 0 Å². The zero-order valence-electron chi connectivity index (χ0n) is 26.5. The Morgan fingerprint density at radius 1 is 0.474 bits per heavy atom. The molecule has 1 atom stereocenters. The van der Waals surface area contributed by atoms with E-state index < -0.39 is 0 Å². The van der Waals surface area contributed by atoms with Gasteiger partial charge in [-0.1, -0.05) is 181 Å². The molecule has 0 aliphatic carbocycles. The number of hydrogen-bond donors (Lipinski definition) is 0. The van der Waals surface area contributed by atoms with Crippen molar-refractivity contribution in [2.24, 2.45) is 0 Å². The van der Waals surface area contributed by atoms with Crippen LogP contribution in [-0.4, -0.2) is 23.6 Å². The fraction of sp³-hybridized carbons (Fsp3) is 0.971. The Bertz CT molecular complexity index is 453. The fourth-order valence-corrected chi connectivity index (χ4v) is 6.14. The van der Waals surface area contributed by atoms with Crippen molar-refractivity contribution >= 4 is 17.7 Å².